The molecule has 0 amide bonds. The molecule has 6 rings (SSSR count). The number of benzene rings is 4. The number of rotatable bonds is 18. The highest BCUT2D eigenvalue weighted by atomic mass is 31.0. The van der Waals surface area contributed by atoms with Gasteiger partial charge in [0.1, 0.15) is 36.6 Å². The fourth-order valence-corrected chi connectivity index (χ4v) is 6.85. The first-order valence-electron chi connectivity index (χ1n) is 18.2. The summed E-state index contributed by atoms with van der Waals surface area (Å²) in [6.45, 7) is 3.43. The van der Waals surface area contributed by atoms with Crippen LogP contribution in [-0.4, -0.2) is 85.1 Å². The van der Waals surface area contributed by atoms with Gasteiger partial charge in [-0.15, -0.1) is 9.24 Å². The second kappa shape index (κ2) is 20.6. The molecule has 2 N–H and O–H groups in total. The van der Waals surface area contributed by atoms with Gasteiger partial charge >= 0.3 is 0 Å². The Bertz CT molecular complexity index is 1580. The van der Waals surface area contributed by atoms with Crippen LogP contribution in [0.4, 0.5) is 0 Å². The number of ether oxygens (including phenoxy) is 8. The summed E-state index contributed by atoms with van der Waals surface area (Å²) in [6.07, 6.45) is -7.85. The number of aliphatic hydroxyl groups is 2. The second-order valence-electron chi connectivity index (χ2n) is 13.4. The highest BCUT2D eigenvalue weighted by molar-refractivity contribution is 7.16. The molecule has 10 nitrogen and oxygen atoms in total. The van der Waals surface area contributed by atoms with Crippen molar-refractivity contribution in [3.63, 3.8) is 0 Å². The van der Waals surface area contributed by atoms with Gasteiger partial charge in [0.15, 0.2) is 12.6 Å². The van der Waals surface area contributed by atoms with Crippen molar-refractivity contribution in [2.45, 2.75) is 88.7 Å². The zero-order valence-electron chi connectivity index (χ0n) is 30.0. The molecule has 2 aliphatic heterocycles. The maximum Gasteiger partial charge on any atom is 0.187 e. The topological polar surface area (TPSA) is 114 Å². The first-order valence-corrected chi connectivity index (χ1v) is 19.0. The van der Waals surface area contributed by atoms with E-state index < -0.39 is 55.3 Å². The normalized spacial score (nSPS) is 28.8. The third-order valence-corrected chi connectivity index (χ3v) is 9.73. The van der Waals surface area contributed by atoms with E-state index in [1.807, 2.05) is 128 Å². The van der Waals surface area contributed by atoms with Gasteiger partial charge in [0.25, 0.3) is 0 Å². The van der Waals surface area contributed by atoms with Crippen LogP contribution < -0.4 is 0 Å². The number of hydrogen-bond acceptors (Lipinski definition) is 10. The lowest BCUT2D eigenvalue weighted by molar-refractivity contribution is -0.361. The van der Waals surface area contributed by atoms with E-state index in [9.17, 15) is 10.2 Å². The molecule has 0 aromatic heterocycles. The Hall–Kier alpha value is -3.09. The highest BCUT2D eigenvalue weighted by Gasteiger charge is 2.51. The van der Waals surface area contributed by atoms with E-state index >= 15 is 0 Å². The standard InChI is InChI=1S/C42H51O10P/c1-29-38(35(27-46-23-31-16-8-3-9-17-31)51-41(49-28-53)39(29)47-24-32-18-10-4-11-19-32)52-42-40(48-25-33-20-12-5-13-21-33)37(44)36(43)34(50-42)26-45-22-30-14-6-2-7-15-30/h2-21,29,34-44H,22-28,53H2,1H3/t29?,34?,35-,36+,37+,38+,39?,40?,41+,42+/m1/s1. The second-order valence-corrected chi connectivity index (χ2v) is 13.7. The zero-order chi connectivity index (χ0) is 36.8. The minimum Gasteiger partial charge on any atom is -0.387 e. The zero-order valence-corrected chi connectivity index (χ0v) is 31.2. The van der Waals surface area contributed by atoms with Crippen LogP contribution in [0, 0.1) is 5.92 Å². The molecule has 2 aliphatic rings. The first-order chi connectivity index (χ1) is 26.0. The average Bonchev–Trinajstić information content (AvgIpc) is 3.19. The van der Waals surface area contributed by atoms with Crippen LogP contribution in [0.1, 0.15) is 29.2 Å². The molecule has 2 fully saturated rings. The Labute approximate surface area is 314 Å². The molecule has 2 heterocycles. The Balaban J connectivity index is 1.24. The van der Waals surface area contributed by atoms with Gasteiger partial charge in [0.05, 0.1) is 52.1 Å². The smallest absolute Gasteiger partial charge is 0.187 e. The maximum absolute atomic E-state index is 11.6. The molecule has 2 saturated heterocycles. The Kier molecular flexibility index (Phi) is 15.4. The molecule has 0 spiro atoms. The third-order valence-electron chi connectivity index (χ3n) is 9.53. The van der Waals surface area contributed by atoms with Gasteiger partial charge < -0.3 is 48.1 Å². The molecule has 0 aliphatic carbocycles. The average molecular weight is 747 g/mol. The van der Waals surface area contributed by atoms with Crippen LogP contribution in [0.3, 0.4) is 0 Å². The quantitative estimate of drug-likeness (QED) is 0.124. The van der Waals surface area contributed by atoms with Crippen molar-refractivity contribution in [2.75, 3.05) is 19.6 Å². The van der Waals surface area contributed by atoms with Crippen molar-refractivity contribution >= 4 is 9.24 Å². The maximum atomic E-state index is 11.6. The molecule has 5 unspecified atom stereocenters. The molecule has 53 heavy (non-hydrogen) atoms. The van der Waals surface area contributed by atoms with Crippen molar-refractivity contribution < 1.29 is 48.1 Å². The van der Waals surface area contributed by atoms with Crippen molar-refractivity contribution in [1.29, 1.82) is 0 Å². The van der Waals surface area contributed by atoms with Crippen molar-refractivity contribution in [3.8, 4) is 0 Å². The van der Waals surface area contributed by atoms with Crippen molar-refractivity contribution in [1.82, 2.24) is 0 Å². The van der Waals surface area contributed by atoms with E-state index in [0.717, 1.165) is 22.3 Å². The summed E-state index contributed by atoms with van der Waals surface area (Å²) >= 11 is 0. The van der Waals surface area contributed by atoms with Gasteiger partial charge in [0.2, 0.25) is 0 Å². The highest BCUT2D eigenvalue weighted by Crippen LogP contribution is 2.36. The summed E-state index contributed by atoms with van der Waals surface area (Å²) in [6, 6.07) is 39.2. The molecule has 0 radical (unpaired) electrons. The van der Waals surface area contributed by atoms with E-state index in [1.165, 1.54) is 0 Å². The molecule has 11 atom stereocenters. The Morgan fingerprint density at radius 2 is 0.943 bits per heavy atom. The van der Waals surface area contributed by atoms with Crippen LogP contribution in [0.2, 0.25) is 0 Å². The lowest BCUT2D eigenvalue weighted by Crippen LogP contribution is -2.63. The third kappa shape index (κ3) is 11.2. The molecule has 0 saturated carbocycles. The minimum absolute atomic E-state index is 0.0195. The van der Waals surface area contributed by atoms with Crippen LogP contribution in [0.5, 0.6) is 0 Å². The van der Waals surface area contributed by atoms with Crippen LogP contribution in [0.15, 0.2) is 121 Å². The Morgan fingerprint density at radius 1 is 0.509 bits per heavy atom. The molecule has 284 valence electrons. The molecule has 11 heteroatoms. The van der Waals surface area contributed by atoms with Gasteiger partial charge in [0, 0.05) is 5.92 Å². The van der Waals surface area contributed by atoms with Gasteiger partial charge in [-0.3, -0.25) is 0 Å². The van der Waals surface area contributed by atoms with Gasteiger partial charge in [-0.2, -0.15) is 0 Å². The van der Waals surface area contributed by atoms with Gasteiger partial charge in [-0.25, -0.2) is 0 Å². The van der Waals surface area contributed by atoms with E-state index in [1.54, 1.807) is 0 Å². The van der Waals surface area contributed by atoms with Gasteiger partial charge in [-0.05, 0) is 22.3 Å². The summed E-state index contributed by atoms with van der Waals surface area (Å²) in [4.78, 5) is 0. The predicted octanol–water partition coefficient (Wildman–Crippen LogP) is 5.63. The molecular weight excluding hydrogens is 695 g/mol. The summed E-state index contributed by atoms with van der Waals surface area (Å²) in [7, 11) is 2.58. The van der Waals surface area contributed by atoms with Crippen LogP contribution in [-0.2, 0) is 64.3 Å². The first kappa shape index (κ1) is 39.6. The Morgan fingerprint density at radius 3 is 1.43 bits per heavy atom. The van der Waals surface area contributed by atoms with E-state index in [2.05, 4.69) is 9.24 Å². The minimum atomic E-state index is -1.34. The summed E-state index contributed by atoms with van der Waals surface area (Å²) < 4.78 is 51.0. The van der Waals surface area contributed by atoms with Crippen molar-refractivity contribution in [2.24, 2.45) is 5.92 Å². The molecular formula is C42H51O10P. The van der Waals surface area contributed by atoms with E-state index in [4.69, 9.17) is 37.9 Å². The molecule has 4 aromatic rings. The van der Waals surface area contributed by atoms with Crippen LogP contribution >= 0.6 is 9.24 Å². The summed E-state index contributed by atoms with van der Waals surface area (Å²) in [5, 5.41) is 22.9. The van der Waals surface area contributed by atoms with Crippen molar-refractivity contribution in [3.05, 3.63) is 144 Å². The molecule has 4 aromatic carbocycles. The lowest BCUT2D eigenvalue weighted by atomic mass is 9.90. The fourth-order valence-electron chi connectivity index (χ4n) is 6.66. The SMILES string of the molecule is CC1C(OCc2ccccc2)[C@@H](OCP)O[C@H](COCc2ccccc2)[C@H]1O[C@@H]1OC(COCc2ccccc2)[C@H](O)[C@H](O)C1OCc1ccccc1. The lowest BCUT2D eigenvalue weighted by Gasteiger charge is -2.48. The predicted molar refractivity (Wildman–Crippen MR) is 201 cm³/mol. The van der Waals surface area contributed by atoms with E-state index in [-0.39, 0.29) is 25.7 Å². The van der Waals surface area contributed by atoms with E-state index in [0.29, 0.717) is 26.2 Å². The van der Waals surface area contributed by atoms with Gasteiger partial charge in [-0.1, -0.05) is 128 Å². The number of hydrogen-bond donors (Lipinski definition) is 2. The largest absolute Gasteiger partial charge is 0.387 e. The summed E-state index contributed by atoms with van der Waals surface area (Å²) in [5.74, 6) is -0.297. The van der Waals surface area contributed by atoms with Crippen LogP contribution in [0.25, 0.3) is 0 Å². The number of aliphatic hydroxyl groups excluding tert-OH is 2. The molecule has 0 bridgehead atoms. The fraction of sp³-hybridized carbons (Fsp3) is 0.429. The summed E-state index contributed by atoms with van der Waals surface area (Å²) in [5.41, 5.74) is 3.91. The monoisotopic (exact) mass is 746 g/mol.